The van der Waals surface area contributed by atoms with Crippen molar-refractivity contribution < 1.29 is 4.79 Å². The molecule has 0 atom stereocenters. The van der Waals surface area contributed by atoms with Crippen molar-refractivity contribution in [3.8, 4) is 22.4 Å². The number of ketones is 1. The maximum atomic E-state index is 11.5. The molecule has 0 radical (unpaired) electrons. The van der Waals surface area contributed by atoms with Gasteiger partial charge < -0.3 is 4.40 Å². The molecule has 0 bridgehead atoms. The smallest absolute Gasteiger partial charge is 0.143 e. The molecule has 5 nitrogen and oxygen atoms in total. The molecule has 0 amide bonds. The van der Waals surface area contributed by atoms with Gasteiger partial charge in [-0.05, 0) is 42.3 Å². The predicted molar refractivity (Wildman–Crippen MR) is 133 cm³/mol. The van der Waals surface area contributed by atoms with Crippen molar-refractivity contribution in [1.29, 1.82) is 0 Å². The van der Waals surface area contributed by atoms with Crippen LogP contribution in [-0.4, -0.2) is 57.7 Å². The van der Waals surface area contributed by atoms with Gasteiger partial charge in [0.15, 0.2) is 0 Å². The third-order valence-electron chi connectivity index (χ3n) is 6.23. The van der Waals surface area contributed by atoms with Gasteiger partial charge in [0.1, 0.15) is 11.4 Å². The molecular weight excluding hydrogens is 432 g/mol. The van der Waals surface area contributed by atoms with Gasteiger partial charge in [0.2, 0.25) is 0 Å². The maximum absolute atomic E-state index is 11.5. The Labute approximate surface area is 199 Å². The lowest BCUT2D eigenvalue weighted by Crippen LogP contribution is -2.47. The second-order valence-electron chi connectivity index (χ2n) is 8.68. The minimum atomic E-state index is 0.226. The van der Waals surface area contributed by atoms with Gasteiger partial charge in [-0.1, -0.05) is 54.1 Å². The summed E-state index contributed by atoms with van der Waals surface area (Å²) >= 11 is 6.15. The minimum absolute atomic E-state index is 0.226. The van der Waals surface area contributed by atoms with Crippen molar-refractivity contribution in [3.05, 3.63) is 83.6 Å². The van der Waals surface area contributed by atoms with E-state index in [0.717, 1.165) is 60.2 Å². The Hall–Kier alpha value is -2.99. The number of rotatable bonds is 6. The minimum Gasteiger partial charge on any atom is -0.301 e. The quantitative estimate of drug-likeness (QED) is 0.406. The zero-order valence-corrected chi connectivity index (χ0v) is 19.5. The molecule has 2 aromatic carbocycles. The van der Waals surface area contributed by atoms with Crippen LogP contribution in [-0.2, 0) is 11.3 Å². The zero-order valence-electron chi connectivity index (χ0n) is 18.7. The van der Waals surface area contributed by atoms with E-state index in [1.807, 2.05) is 30.3 Å². The molecular formula is C27H27ClN4O. The fourth-order valence-corrected chi connectivity index (χ4v) is 4.64. The van der Waals surface area contributed by atoms with Crippen LogP contribution >= 0.6 is 11.6 Å². The monoisotopic (exact) mass is 458 g/mol. The number of aromatic nitrogens is 2. The van der Waals surface area contributed by atoms with Crippen LogP contribution in [0.2, 0.25) is 5.02 Å². The molecule has 33 heavy (non-hydrogen) atoms. The molecule has 1 aliphatic rings. The van der Waals surface area contributed by atoms with Gasteiger partial charge >= 0.3 is 0 Å². The lowest BCUT2D eigenvalue weighted by atomic mass is 10.1. The van der Waals surface area contributed by atoms with Crippen molar-refractivity contribution in [2.45, 2.75) is 13.5 Å². The summed E-state index contributed by atoms with van der Waals surface area (Å²) in [5.74, 6) is 0.226. The summed E-state index contributed by atoms with van der Waals surface area (Å²) in [4.78, 5) is 21.2. The normalized spacial score (nSPS) is 15.2. The van der Waals surface area contributed by atoms with Gasteiger partial charge in [-0.15, -0.1) is 0 Å². The molecule has 2 aromatic heterocycles. The van der Waals surface area contributed by atoms with Crippen LogP contribution in [0.25, 0.3) is 28.0 Å². The Bertz CT molecular complexity index is 1260. The molecule has 0 saturated carbocycles. The number of nitrogens with zero attached hydrogens (tertiary/aromatic N) is 4. The predicted octanol–water partition coefficient (Wildman–Crippen LogP) is 5.03. The number of Topliss-reactive ketones (excluding diaryl/α,β-unsaturated/α-hetero) is 1. The molecule has 3 heterocycles. The van der Waals surface area contributed by atoms with Crippen molar-refractivity contribution in [3.63, 3.8) is 0 Å². The molecule has 0 unspecified atom stereocenters. The highest BCUT2D eigenvalue weighted by Gasteiger charge is 2.22. The van der Waals surface area contributed by atoms with Crippen LogP contribution in [0.15, 0.2) is 72.9 Å². The van der Waals surface area contributed by atoms with Gasteiger partial charge in [-0.2, -0.15) is 0 Å². The SMILES string of the molecule is CC(=O)CN1CCN(Cc2c(-c3ccc(Cl)cc3)nc3ccc(-c4ccccc4)cn23)CC1. The summed E-state index contributed by atoms with van der Waals surface area (Å²) < 4.78 is 2.23. The number of piperazine rings is 1. The van der Waals surface area contributed by atoms with Crippen molar-refractivity contribution in [1.82, 2.24) is 19.2 Å². The maximum Gasteiger partial charge on any atom is 0.143 e. The van der Waals surface area contributed by atoms with Crippen molar-refractivity contribution in [2.75, 3.05) is 32.7 Å². The first-order valence-corrected chi connectivity index (χ1v) is 11.7. The highest BCUT2D eigenvalue weighted by atomic mass is 35.5. The van der Waals surface area contributed by atoms with Crippen LogP contribution < -0.4 is 0 Å². The summed E-state index contributed by atoms with van der Waals surface area (Å²) in [7, 11) is 0. The lowest BCUT2D eigenvalue weighted by molar-refractivity contribution is -0.118. The molecule has 6 heteroatoms. The number of hydrogen-bond acceptors (Lipinski definition) is 4. The number of carbonyl (C=O) groups is 1. The molecule has 1 saturated heterocycles. The van der Waals surface area contributed by atoms with E-state index in [2.05, 4.69) is 56.8 Å². The van der Waals surface area contributed by atoms with Crippen LogP contribution in [0.1, 0.15) is 12.6 Å². The molecule has 0 aliphatic carbocycles. The number of hydrogen-bond donors (Lipinski definition) is 0. The van der Waals surface area contributed by atoms with Gasteiger partial charge in [-0.3, -0.25) is 14.6 Å². The number of benzene rings is 2. The molecule has 1 fully saturated rings. The summed E-state index contributed by atoms with van der Waals surface area (Å²) in [5, 5.41) is 0.719. The second-order valence-corrected chi connectivity index (χ2v) is 9.12. The van der Waals surface area contributed by atoms with E-state index in [4.69, 9.17) is 16.6 Å². The summed E-state index contributed by atoms with van der Waals surface area (Å²) in [6.45, 7) is 6.67. The Morgan fingerprint density at radius 2 is 1.52 bits per heavy atom. The van der Waals surface area contributed by atoms with E-state index < -0.39 is 0 Å². The van der Waals surface area contributed by atoms with Crippen LogP contribution in [0.3, 0.4) is 0 Å². The molecule has 5 rings (SSSR count). The molecule has 1 aliphatic heterocycles. The van der Waals surface area contributed by atoms with E-state index in [-0.39, 0.29) is 5.78 Å². The lowest BCUT2D eigenvalue weighted by Gasteiger charge is -2.34. The third-order valence-corrected chi connectivity index (χ3v) is 6.48. The molecule has 0 spiro atoms. The number of imidazole rings is 1. The Kier molecular flexibility index (Phi) is 6.27. The van der Waals surface area contributed by atoms with Crippen LogP contribution in [0, 0.1) is 0 Å². The highest BCUT2D eigenvalue weighted by Crippen LogP contribution is 2.29. The van der Waals surface area contributed by atoms with Crippen LogP contribution in [0.5, 0.6) is 0 Å². The highest BCUT2D eigenvalue weighted by molar-refractivity contribution is 6.30. The topological polar surface area (TPSA) is 40.9 Å². The van der Waals surface area contributed by atoms with Gasteiger partial charge in [-0.25, -0.2) is 4.98 Å². The fraction of sp³-hybridized carbons (Fsp3) is 0.259. The van der Waals surface area contributed by atoms with E-state index >= 15 is 0 Å². The number of fused-ring (bicyclic) bond motifs is 1. The van der Waals surface area contributed by atoms with Gasteiger partial charge in [0.25, 0.3) is 0 Å². The zero-order chi connectivity index (χ0) is 22.8. The largest absolute Gasteiger partial charge is 0.301 e. The number of carbonyl (C=O) groups excluding carboxylic acids is 1. The number of pyridine rings is 1. The molecule has 0 N–H and O–H groups in total. The van der Waals surface area contributed by atoms with Crippen molar-refractivity contribution >= 4 is 23.0 Å². The van der Waals surface area contributed by atoms with E-state index in [1.54, 1.807) is 6.92 Å². The standard InChI is InChI=1S/C27H27ClN4O/c1-20(33)17-30-13-15-31(16-14-30)19-25-27(22-7-10-24(28)11-8-22)29-26-12-9-23(18-32(25)26)21-5-3-2-4-6-21/h2-12,18H,13-17,19H2,1H3. The average Bonchev–Trinajstić information content (AvgIpc) is 3.18. The summed E-state index contributed by atoms with van der Waals surface area (Å²) in [5.41, 5.74) is 6.51. The second kappa shape index (κ2) is 9.48. The summed E-state index contributed by atoms with van der Waals surface area (Å²) in [6, 6.07) is 22.6. The van der Waals surface area contributed by atoms with Crippen molar-refractivity contribution in [2.24, 2.45) is 0 Å². The Morgan fingerprint density at radius 1 is 0.848 bits per heavy atom. The molecule has 168 valence electrons. The summed E-state index contributed by atoms with van der Waals surface area (Å²) in [6.07, 6.45) is 2.19. The first-order chi connectivity index (χ1) is 16.1. The van der Waals surface area contributed by atoms with Gasteiger partial charge in [0, 0.05) is 49.5 Å². The third kappa shape index (κ3) is 4.86. The van der Waals surface area contributed by atoms with Crippen LogP contribution in [0.4, 0.5) is 0 Å². The first-order valence-electron chi connectivity index (χ1n) is 11.3. The molecule has 4 aromatic rings. The number of halogens is 1. The first kappa shape index (κ1) is 21.8. The van der Waals surface area contributed by atoms with E-state index in [0.29, 0.717) is 6.54 Å². The average molecular weight is 459 g/mol. The Morgan fingerprint density at radius 3 is 2.21 bits per heavy atom. The van der Waals surface area contributed by atoms with E-state index in [1.165, 1.54) is 11.3 Å². The van der Waals surface area contributed by atoms with Gasteiger partial charge in [0.05, 0.1) is 17.9 Å². The fourth-order valence-electron chi connectivity index (χ4n) is 4.52. The van der Waals surface area contributed by atoms with E-state index in [9.17, 15) is 4.79 Å². The Balaban J connectivity index is 1.51.